The van der Waals surface area contributed by atoms with Crippen LogP contribution in [0.1, 0.15) is 21.5 Å². The van der Waals surface area contributed by atoms with Crippen molar-refractivity contribution in [2.24, 2.45) is 5.16 Å². The Morgan fingerprint density at radius 1 is 1.24 bits per heavy atom. The average Bonchev–Trinajstić information content (AvgIpc) is 2.81. The molecule has 1 amide bonds. The predicted molar refractivity (Wildman–Crippen MR) is 111 cm³/mol. The lowest BCUT2D eigenvalue weighted by Gasteiger charge is -2.15. The molecule has 1 unspecified atom stereocenters. The minimum absolute atomic E-state index is 0.206. The quantitative estimate of drug-likeness (QED) is 0.145. The number of halogens is 3. The number of rotatable bonds is 11. The second-order valence-corrected chi connectivity index (χ2v) is 6.35. The SMILES string of the molecule is C#Cc1ccc(Nc2c(C(=O)NOCCO)cc(C=NOCC(O)CO)c(F)c2F)c(F)c1. The van der Waals surface area contributed by atoms with Crippen LogP contribution in [0.3, 0.4) is 0 Å². The molecule has 0 spiro atoms. The van der Waals surface area contributed by atoms with Gasteiger partial charge in [-0.05, 0) is 24.3 Å². The van der Waals surface area contributed by atoms with Crippen LogP contribution in [0.4, 0.5) is 24.5 Å². The minimum Gasteiger partial charge on any atom is -0.394 e. The molecule has 1 atom stereocenters. The highest BCUT2D eigenvalue weighted by Gasteiger charge is 2.23. The van der Waals surface area contributed by atoms with Gasteiger partial charge in [-0.15, -0.1) is 6.42 Å². The number of nitrogens with zero attached hydrogens (tertiary/aromatic N) is 1. The maximum absolute atomic E-state index is 14.9. The fraction of sp³-hybridized carbons (Fsp3) is 0.238. The molecule has 0 radical (unpaired) electrons. The van der Waals surface area contributed by atoms with E-state index in [2.05, 4.69) is 21.2 Å². The number of aliphatic hydroxyl groups excluding tert-OH is 3. The number of anilines is 2. The van der Waals surface area contributed by atoms with Crippen LogP contribution in [0.25, 0.3) is 0 Å². The first-order chi connectivity index (χ1) is 15.8. The molecular weight excluding hydrogens is 447 g/mol. The molecule has 0 saturated carbocycles. The Labute approximate surface area is 186 Å². The fourth-order valence-corrected chi connectivity index (χ4v) is 2.37. The van der Waals surface area contributed by atoms with E-state index >= 15 is 0 Å². The highest BCUT2D eigenvalue weighted by Crippen LogP contribution is 2.30. The van der Waals surface area contributed by atoms with Crippen molar-refractivity contribution >= 4 is 23.5 Å². The molecule has 33 heavy (non-hydrogen) atoms. The third kappa shape index (κ3) is 6.93. The van der Waals surface area contributed by atoms with Gasteiger partial charge < -0.3 is 25.5 Å². The van der Waals surface area contributed by atoms with Crippen molar-refractivity contribution in [3.63, 3.8) is 0 Å². The number of amides is 1. The van der Waals surface area contributed by atoms with Gasteiger partial charge in [0.25, 0.3) is 5.91 Å². The summed E-state index contributed by atoms with van der Waals surface area (Å²) in [5, 5.41) is 32.3. The molecule has 5 N–H and O–H groups in total. The van der Waals surface area contributed by atoms with Gasteiger partial charge in [-0.3, -0.25) is 9.63 Å². The smallest absolute Gasteiger partial charge is 0.277 e. The van der Waals surface area contributed by atoms with Crippen molar-refractivity contribution in [1.29, 1.82) is 0 Å². The number of hydroxylamine groups is 1. The van der Waals surface area contributed by atoms with E-state index in [0.717, 1.165) is 18.3 Å². The number of carbonyl (C=O) groups excluding carboxylic acids is 1. The molecule has 0 bridgehead atoms. The lowest BCUT2D eigenvalue weighted by molar-refractivity contribution is 0.00882. The van der Waals surface area contributed by atoms with Crippen LogP contribution in [0.2, 0.25) is 0 Å². The van der Waals surface area contributed by atoms with Crippen molar-refractivity contribution in [1.82, 2.24) is 5.48 Å². The van der Waals surface area contributed by atoms with E-state index in [1.807, 2.05) is 5.48 Å². The van der Waals surface area contributed by atoms with Crippen molar-refractivity contribution in [3.05, 3.63) is 58.4 Å². The summed E-state index contributed by atoms with van der Waals surface area (Å²) in [7, 11) is 0. The number of oxime groups is 1. The van der Waals surface area contributed by atoms with Gasteiger partial charge in [0.2, 0.25) is 0 Å². The molecule has 0 heterocycles. The Balaban J connectivity index is 2.44. The summed E-state index contributed by atoms with van der Waals surface area (Å²) in [5.74, 6) is -2.69. The third-order valence-corrected chi connectivity index (χ3v) is 3.98. The van der Waals surface area contributed by atoms with Gasteiger partial charge in [0.1, 0.15) is 18.5 Å². The molecule has 0 aliphatic heterocycles. The van der Waals surface area contributed by atoms with Crippen LogP contribution in [0, 0.1) is 29.8 Å². The standard InChI is InChI=1S/C21H20F3N3O6/c1-2-12-3-4-17(16(22)7-12)26-20-15(21(31)27-32-6-5-28)8-13(18(23)19(20)24)9-25-33-11-14(30)10-29/h1,3-4,7-9,14,26,28-30H,5-6,10-11H2,(H,27,31). The topological polar surface area (TPSA) is 133 Å². The lowest BCUT2D eigenvalue weighted by atomic mass is 10.1. The number of benzene rings is 2. The molecule has 0 aromatic heterocycles. The summed E-state index contributed by atoms with van der Waals surface area (Å²) in [6.07, 6.45) is 4.69. The lowest BCUT2D eigenvalue weighted by Crippen LogP contribution is -2.26. The molecule has 2 aromatic carbocycles. The van der Waals surface area contributed by atoms with Crippen molar-refractivity contribution in [3.8, 4) is 12.3 Å². The van der Waals surface area contributed by atoms with Gasteiger partial charge in [-0.2, -0.15) is 0 Å². The largest absolute Gasteiger partial charge is 0.394 e. The Morgan fingerprint density at radius 2 is 2.00 bits per heavy atom. The Hall–Kier alpha value is -3.63. The summed E-state index contributed by atoms with van der Waals surface area (Å²) >= 11 is 0. The summed E-state index contributed by atoms with van der Waals surface area (Å²) < 4.78 is 43.8. The first-order valence-corrected chi connectivity index (χ1v) is 9.34. The zero-order valence-electron chi connectivity index (χ0n) is 17.0. The molecule has 2 rings (SSSR count). The zero-order valence-corrected chi connectivity index (χ0v) is 17.0. The van der Waals surface area contributed by atoms with Crippen molar-refractivity contribution < 1.29 is 43.0 Å². The van der Waals surface area contributed by atoms with Gasteiger partial charge in [0.15, 0.2) is 11.6 Å². The number of nitrogens with one attached hydrogen (secondary N) is 2. The number of terminal acetylenes is 1. The summed E-state index contributed by atoms with van der Waals surface area (Å²) in [6, 6.07) is 4.41. The van der Waals surface area contributed by atoms with Gasteiger partial charge >= 0.3 is 0 Å². The van der Waals surface area contributed by atoms with E-state index in [0.29, 0.717) is 0 Å². The second-order valence-electron chi connectivity index (χ2n) is 6.35. The molecule has 0 saturated heterocycles. The van der Waals surface area contributed by atoms with Crippen LogP contribution in [-0.2, 0) is 9.68 Å². The van der Waals surface area contributed by atoms with Crippen LogP contribution < -0.4 is 10.8 Å². The van der Waals surface area contributed by atoms with Gasteiger partial charge in [0.05, 0.1) is 43.0 Å². The Kier molecular flexibility index (Phi) is 9.64. The first-order valence-electron chi connectivity index (χ1n) is 9.34. The molecule has 176 valence electrons. The van der Waals surface area contributed by atoms with E-state index in [4.69, 9.17) is 21.5 Å². The monoisotopic (exact) mass is 467 g/mol. The molecule has 2 aromatic rings. The molecule has 9 nitrogen and oxygen atoms in total. The maximum Gasteiger partial charge on any atom is 0.277 e. The number of hydrogen-bond acceptors (Lipinski definition) is 8. The van der Waals surface area contributed by atoms with Gasteiger partial charge in [0, 0.05) is 11.1 Å². The number of carbonyl (C=O) groups is 1. The molecular formula is C21H20F3N3O6. The van der Waals surface area contributed by atoms with Crippen molar-refractivity contribution in [2.45, 2.75) is 6.10 Å². The van der Waals surface area contributed by atoms with Crippen LogP contribution >= 0.6 is 0 Å². The van der Waals surface area contributed by atoms with Gasteiger partial charge in [-0.1, -0.05) is 11.1 Å². The normalized spacial score (nSPS) is 11.8. The highest BCUT2D eigenvalue weighted by molar-refractivity contribution is 6.01. The van der Waals surface area contributed by atoms with Crippen molar-refractivity contribution in [2.75, 3.05) is 31.7 Å². The van der Waals surface area contributed by atoms with Crippen LogP contribution in [0.5, 0.6) is 0 Å². The summed E-state index contributed by atoms with van der Waals surface area (Å²) in [6.45, 7) is -1.73. The molecule has 0 aliphatic carbocycles. The van der Waals surface area contributed by atoms with E-state index in [9.17, 15) is 23.1 Å². The molecule has 0 aliphatic rings. The summed E-state index contributed by atoms with van der Waals surface area (Å²) in [4.78, 5) is 21.9. The van der Waals surface area contributed by atoms with E-state index in [1.165, 1.54) is 12.1 Å². The summed E-state index contributed by atoms with van der Waals surface area (Å²) in [5.41, 5.74) is 0.126. The number of hydrogen-bond donors (Lipinski definition) is 5. The van der Waals surface area contributed by atoms with Crippen LogP contribution in [-0.4, -0.2) is 60.0 Å². The van der Waals surface area contributed by atoms with E-state index in [-0.39, 0.29) is 17.9 Å². The third-order valence-electron chi connectivity index (χ3n) is 3.98. The zero-order chi connectivity index (χ0) is 24.4. The predicted octanol–water partition coefficient (Wildman–Crippen LogP) is 1.19. The number of aliphatic hydroxyl groups is 3. The van der Waals surface area contributed by atoms with E-state index in [1.54, 1.807) is 0 Å². The highest BCUT2D eigenvalue weighted by atomic mass is 19.2. The average molecular weight is 467 g/mol. The molecule has 0 fully saturated rings. The van der Waals surface area contributed by atoms with E-state index < -0.39 is 66.1 Å². The minimum atomic E-state index is -1.54. The van der Waals surface area contributed by atoms with Crippen LogP contribution in [0.15, 0.2) is 29.4 Å². The Morgan fingerprint density at radius 3 is 2.64 bits per heavy atom. The first kappa shape index (κ1) is 25.6. The van der Waals surface area contributed by atoms with Gasteiger partial charge in [-0.25, -0.2) is 18.7 Å². The molecule has 12 heteroatoms. The maximum atomic E-state index is 14.9. The fourth-order valence-electron chi connectivity index (χ4n) is 2.37. The Bertz CT molecular complexity index is 1060. The second kappa shape index (κ2) is 12.4.